The van der Waals surface area contributed by atoms with Crippen LogP contribution in [0.2, 0.25) is 0 Å². The van der Waals surface area contributed by atoms with Crippen molar-refractivity contribution in [1.29, 1.82) is 0 Å². The molecule has 1 aliphatic carbocycles. The fraction of sp³-hybridized carbons (Fsp3) is 0.533. The Morgan fingerprint density at radius 3 is 2.67 bits per heavy atom. The first-order chi connectivity index (χ1) is 18.6. The second-order valence-electron chi connectivity index (χ2n) is 12.9. The summed E-state index contributed by atoms with van der Waals surface area (Å²) in [6.45, 7) is 10.6. The number of hydrogen-bond donors (Lipinski definition) is 3. The van der Waals surface area contributed by atoms with Gasteiger partial charge in [0, 0.05) is 36.4 Å². The summed E-state index contributed by atoms with van der Waals surface area (Å²) in [4.78, 5) is 22.2. The van der Waals surface area contributed by atoms with E-state index >= 15 is 0 Å². The maximum atomic E-state index is 13.6. The predicted molar refractivity (Wildman–Crippen MR) is 161 cm³/mol. The first kappa shape index (κ1) is 29.0. The second kappa shape index (κ2) is 10.7. The Bertz CT molecular complexity index is 1520. The van der Waals surface area contributed by atoms with E-state index in [1.54, 1.807) is 18.2 Å². The van der Waals surface area contributed by atoms with Crippen LogP contribution in [0.3, 0.4) is 0 Å². The Labute approximate surface area is 241 Å². The number of thiophene rings is 1. The number of sulfonamides is 1. The fourth-order valence-electron chi connectivity index (χ4n) is 5.95. The van der Waals surface area contributed by atoms with Crippen LogP contribution in [-0.4, -0.2) is 60.8 Å². The highest BCUT2D eigenvalue weighted by Gasteiger charge is 2.36. The lowest BCUT2D eigenvalue weighted by Gasteiger charge is -2.44. The molecule has 1 aromatic carbocycles. The van der Waals surface area contributed by atoms with Crippen LogP contribution in [0.5, 0.6) is 0 Å². The predicted octanol–water partition coefficient (Wildman–Crippen LogP) is 4.75. The van der Waals surface area contributed by atoms with Gasteiger partial charge >= 0.3 is 0 Å². The van der Waals surface area contributed by atoms with Gasteiger partial charge in [-0.05, 0) is 79.3 Å². The third kappa shape index (κ3) is 6.84. The molecule has 216 valence electrons. The highest BCUT2D eigenvalue weighted by atomic mass is 32.2. The minimum atomic E-state index is -3.43. The quantitative estimate of drug-likeness (QED) is 0.353. The monoisotopic (exact) mass is 584 g/mol. The van der Waals surface area contributed by atoms with E-state index in [0.717, 1.165) is 47.0 Å². The zero-order chi connectivity index (χ0) is 28.9. The highest BCUT2D eigenvalue weighted by Crippen LogP contribution is 2.38. The first-order valence-electron chi connectivity index (χ1n) is 13.9. The summed E-state index contributed by atoms with van der Waals surface area (Å²) in [5.74, 6) is 0.445. The Balaban J connectivity index is 1.36. The standard InChI is InChI=1S/C30H40N4O4S2/c1-29(2,3)22-9-10-24-20(14-22)13-21-16-26(39-28(21)32-24)27(35)31-25(11-12-34-17-30(4,36)18-34)19-7-6-8-23(15-19)33-40(5,37)38/h6-8,13,15-16,22,25,33,36H,9-12,14,17-18H2,1-5H3,(H,31,35)/t22-,25?/m0/s1. The molecule has 8 nitrogen and oxygen atoms in total. The van der Waals surface area contributed by atoms with Crippen LogP contribution in [0.1, 0.15) is 73.1 Å². The molecule has 5 rings (SSSR count). The van der Waals surface area contributed by atoms with Gasteiger partial charge in [0.2, 0.25) is 10.0 Å². The average molecular weight is 585 g/mol. The number of aliphatic hydroxyl groups is 1. The molecule has 1 aliphatic heterocycles. The van der Waals surface area contributed by atoms with Gasteiger partial charge in [-0.25, -0.2) is 13.4 Å². The molecule has 1 saturated heterocycles. The summed E-state index contributed by atoms with van der Waals surface area (Å²) in [5, 5.41) is 14.3. The van der Waals surface area contributed by atoms with Crippen molar-refractivity contribution in [3.63, 3.8) is 0 Å². The number of β-amino-alcohol motifs (C(OH)–C–C–N with tert-alkyl or cyclic N) is 1. The van der Waals surface area contributed by atoms with Gasteiger partial charge in [0.05, 0.1) is 22.8 Å². The number of nitrogens with zero attached hydrogens (tertiary/aromatic N) is 2. The van der Waals surface area contributed by atoms with Gasteiger partial charge in [-0.2, -0.15) is 0 Å². The van der Waals surface area contributed by atoms with Crippen LogP contribution in [0, 0.1) is 11.3 Å². The molecule has 0 bridgehead atoms. The van der Waals surface area contributed by atoms with Crippen molar-refractivity contribution in [1.82, 2.24) is 15.2 Å². The van der Waals surface area contributed by atoms with Crippen LogP contribution in [-0.2, 0) is 22.9 Å². The number of nitrogens with one attached hydrogen (secondary N) is 2. The molecule has 0 saturated carbocycles. The average Bonchev–Trinajstić information content (AvgIpc) is 3.25. The Kier molecular flexibility index (Phi) is 7.76. The van der Waals surface area contributed by atoms with E-state index in [1.807, 2.05) is 19.1 Å². The molecule has 40 heavy (non-hydrogen) atoms. The number of benzene rings is 1. The molecule has 2 atom stereocenters. The van der Waals surface area contributed by atoms with Crippen LogP contribution < -0.4 is 10.0 Å². The Morgan fingerprint density at radius 1 is 1.25 bits per heavy atom. The third-order valence-electron chi connectivity index (χ3n) is 8.08. The summed E-state index contributed by atoms with van der Waals surface area (Å²) in [6.07, 6.45) is 4.86. The summed E-state index contributed by atoms with van der Waals surface area (Å²) >= 11 is 1.41. The smallest absolute Gasteiger partial charge is 0.261 e. The van der Waals surface area contributed by atoms with Crippen molar-refractivity contribution in [2.75, 3.05) is 30.6 Å². The van der Waals surface area contributed by atoms with Gasteiger partial charge in [-0.1, -0.05) is 32.9 Å². The van der Waals surface area contributed by atoms with E-state index < -0.39 is 15.6 Å². The number of pyridine rings is 1. The van der Waals surface area contributed by atoms with Crippen LogP contribution in [0.15, 0.2) is 36.4 Å². The fourth-order valence-corrected chi connectivity index (χ4v) is 7.44. The molecule has 2 aliphatic rings. The number of hydrogen-bond acceptors (Lipinski definition) is 7. The Morgan fingerprint density at radius 2 is 2.00 bits per heavy atom. The van der Waals surface area contributed by atoms with Crippen LogP contribution in [0.25, 0.3) is 10.2 Å². The van der Waals surface area contributed by atoms with Crippen molar-refractivity contribution >= 4 is 43.2 Å². The summed E-state index contributed by atoms with van der Waals surface area (Å²) in [6, 6.07) is 11.0. The summed E-state index contributed by atoms with van der Waals surface area (Å²) < 4.78 is 26.1. The molecule has 3 aromatic rings. The number of aromatic nitrogens is 1. The van der Waals surface area contributed by atoms with Crippen molar-refractivity contribution < 1.29 is 18.3 Å². The van der Waals surface area contributed by atoms with Gasteiger partial charge in [-0.3, -0.25) is 14.4 Å². The van der Waals surface area contributed by atoms with Crippen LogP contribution in [0.4, 0.5) is 5.69 Å². The van der Waals surface area contributed by atoms with Gasteiger partial charge in [-0.15, -0.1) is 11.3 Å². The van der Waals surface area contributed by atoms with E-state index in [0.29, 0.717) is 42.5 Å². The van der Waals surface area contributed by atoms with Gasteiger partial charge in [0.15, 0.2) is 0 Å². The maximum Gasteiger partial charge on any atom is 0.261 e. The van der Waals surface area contributed by atoms with Crippen molar-refractivity contribution in [2.24, 2.45) is 11.3 Å². The van der Waals surface area contributed by atoms with Crippen molar-refractivity contribution in [3.8, 4) is 0 Å². The van der Waals surface area contributed by atoms with E-state index in [-0.39, 0.29) is 17.4 Å². The zero-order valence-electron chi connectivity index (χ0n) is 24.0. The maximum absolute atomic E-state index is 13.6. The van der Waals surface area contributed by atoms with Gasteiger partial charge in [0.1, 0.15) is 4.83 Å². The van der Waals surface area contributed by atoms with E-state index in [2.05, 4.69) is 41.8 Å². The van der Waals surface area contributed by atoms with Gasteiger partial charge in [0.25, 0.3) is 5.91 Å². The molecule has 2 aromatic heterocycles. The minimum Gasteiger partial charge on any atom is -0.388 e. The molecule has 3 N–H and O–H groups in total. The molecular weight excluding hydrogens is 544 g/mol. The molecule has 1 fully saturated rings. The molecule has 3 heterocycles. The van der Waals surface area contributed by atoms with Crippen LogP contribution >= 0.6 is 11.3 Å². The topological polar surface area (TPSA) is 112 Å². The zero-order valence-corrected chi connectivity index (χ0v) is 25.6. The second-order valence-corrected chi connectivity index (χ2v) is 15.7. The number of carbonyl (C=O) groups is 1. The number of anilines is 1. The normalized spacial score (nSPS) is 20.0. The third-order valence-corrected chi connectivity index (χ3v) is 9.73. The number of carbonyl (C=O) groups excluding carboxylic acids is 1. The van der Waals surface area contributed by atoms with Crippen molar-refractivity contribution in [2.45, 2.75) is 65.0 Å². The van der Waals surface area contributed by atoms with Gasteiger partial charge < -0.3 is 10.4 Å². The minimum absolute atomic E-state index is 0.171. The molecule has 0 spiro atoms. The largest absolute Gasteiger partial charge is 0.388 e. The molecule has 1 amide bonds. The number of fused-ring (bicyclic) bond motifs is 2. The summed E-state index contributed by atoms with van der Waals surface area (Å²) in [7, 11) is -3.43. The number of amides is 1. The highest BCUT2D eigenvalue weighted by molar-refractivity contribution is 7.92. The van der Waals surface area contributed by atoms with E-state index in [1.165, 1.54) is 16.9 Å². The lowest BCUT2D eigenvalue weighted by Crippen LogP contribution is -2.60. The first-order valence-corrected chi connectivity index (χ1v) is 16.6. The molecule has 1 unspecified atom stereocenters. The Hall–Kier alpha value is -2.53. The van der Waals surface area contributed by atoms with E-state index in [4.69, 9.17) is 4.98 Å². The number of likely N-dealkylation sites (tertiary alicyclic amines) is 1. The summed E-state index contributed by atoms with van der Waals surface area (Å²) in [5.41, 5.74) is 3.30. The lowest BCUT2D eigenvalue weighted by atomic mass is 9.71. The van der Waals surface area contributed by atoms with E-state index in [9.17, 15) is 18.3 Å². The lowest BCUT2D eigenvalue weighted by molar-refractivity contribution is -0.0839. The number of aryl methyl sites for hydroxylation is 1. The molecule has 0 radical (unpaired) electrons. The molecular formula is C30H40N4O4S2. The SMILES string of the molecule is CC1(O)CN(CCC(NC(=O)c2cc3cc4c(nc3s2)CC[C@H](C(C)(C)C)C4)c2cccc(NS(C)(=O)=O)c2)C1. The van der Waals surface area contributed by atoms with Crippen molar-refractivity contribution in [3.05, 3.63) is 58.1 Å². The molecule has 10 heteroatoms. The number of rotatable bonds is 8.